The minimum absolute atomic E-state index is 0.0226. The van der Waals surface area contributed by atoms with Gasteiger partial charge in [-0.2, -0.15) is 0 Å². The number of aryl methyl sites for hydroxylation is 1. The molecule has 3 nitrogen and oxygen atoms in total. The van der Waals surface area contributed by atoms with E-state index in [4.69, 9.17) is 0 Å². The van der Waals surface area contributed by atoms with Crippen LogP contribution in [0.3, 0.4) is 0 Å². The van der Waals surface area contributed by atoms with Crippen molar-refractivity contribution in [3.05, 3.63) is 65.0 Å². The zero-order valence-corrected chi connectivity index (χ0v) is 13.6. The molecule has 1 aliphatic rings. The molecule has 1 amide bonds. The average Bonchev–Trinajstić information content (AvgIpc) is 2.58. The topological polar surface area (TPSA) is 23.6 Å². The average molecular weight is 312 g/mol. The number of amides is 1. The quantitative estimate of drug-likeness (QED) is 0.848. The number of rotatable bonds is 2. The van der Waals surface area contributed by atoms with Gasteiger partial charge in [-0.1, -0.05) is 12.1 Å². The van der Waals surface area contributed by atoms with E-state index in [-0.39, 0.29) is 11.7 Å². The molecule has 0 bridgehead atoms. The monoisotopic (exact) mass is 312 g/mol. The summed E-state index contributed by atoms with van der Waals surface area (Å²) in [4.78, 5) is 16.6. The Morgan fingerprint density at radius 3 is 2.26 bits per heavy atom. The second kappa shape index (κ2) is 6.41. The first-order valence-electron chi connectivity index (χ1n) is 7.92. The normalized spacial score (nSPS) is 14.9. The number of benzene rings is 2. The number of anilines is 1. The van der Waals surface area contributed by atoms with E-state index in [1.54, 1.807) is 12.1 Å². The minimum Gasteiger partial charge on any atom is -0.368 e. The molecule has 0 unspecified atom stereocenters. The summed E-state index contributed by atoms with van der Waals surface area (Å²) in [6, 6.07) is 12.1. The third-order valence-corrected chi connectivity index (χ3v) is 4.57. The fourth-order valence-corrected chi connectivity index (χ4v) is 3.00. The molecule has 0 saturated carbocycles. The van der Waals surface area contributed by atoms with Crippen LogP contribution in [-0.2, 0) is 0 Å². The van der Waals surface area contributed by atoms with E-state index in [2.05, 4.69) is 36.9 Å². The van der Waals surface area contributed by atoms with Crippen molar-refractivity contribution in [2.75, 3.05) is 31.1 Å². The van der Waals surface area contributed by atoms with Crippen molar-refractivity contribution in [3.8, 4) is 0 Å². The Morgan fingerprint density at radius 1 is 0.957 bits per heavy atom. The molecule has 0 spiro atoms. The third-order valence-electron chi connectivity index (χ3n) is 4.57. The number of carbonyl (C=O) groups is 1. The summed E-state index contributed by atoms with van der Waals surface area (Å²) in [5.74, 6) is -0.341. The van der Waals surface area contributed by atoms with Crippen LogP contribution in [0, 0.1) is 19.7 Å². The Balaban J connectivity index is 1.67. The molecular weight excluding hydrogens is 291 g/mol. The van der Waals surface area contributed by atoms with E-state index in [1.807, 2.05) is 4.90 Å². The molecule has 0 aromatic heterocycles. The van der Waals surface area contributed by atoms with Gasteiger partial charge in [0.2, 0.25) is 0 Å². The highest BCUT2D eigenvalue weighted by molar-refractivity contribution is 5.94. The molecule has 0 aliphatic carbocycles. The molecule has 2 aromatic rings. The molecule has 1 fully saturated rings. The lowest BCUT2D eigenvalue weighted by Gasteiger charge is -2.37. The largest absolute Gasteiger partial charge is 0.368 e. The van der Waals surface area contributed by atoms with Crippen LogP contribution in [0.25, 0.3) is 0 Å². The fourth-order valence-electron chi connectivity index (χ4n) is 3.00. The van der Waals surface area contributed by atoms with E-state index in [9.17, 15) is 9.18 Å². The summed E-state index contributed by atoms with van der Waals surface area (Å²) in [6.07, 6.45) is 0. The Morgan fingerprint density at radius 2 is 1.61 bits per heavy atom. The van der Waals surface area contributed by atoms with Crippen LogP contribution < -0.4 is 4.90 Å². The van der Waals surface area contributed by atoms with Gasteiger partial charge in [0.1, 0.15) is 5.82 Å². The van der Waals surface area contributed by atoms with Crippen molar-refractivity contribution in [3.63, 3.8) is 0 Å². The lowest BCUT2D eigenvalue weighted by molar-refractivity contribution is 0.0746. The number of halogens is 1. The van der Waals surface area contributed by atoms with Gasteiger partial charge in [-0.3, -0.25) is 4.79 Å². The zero-order chi connectivity index (χ0) is 16.4. The van der Waals surface area contributed by atoms with E-state index in [1.165, 1.54) is 28.9 Å². The van der Waals surface area contributed by atoms with Gasteiger partial charge in [0.25, 0.3) is 5.91 Å². The summed E-state index contributed by atoms with van der Waals surface area (Å²) in [5, 5.41) is 0. The summed E-state index contributed by atoms with van der Waals surface area (Å²) >= 11 is 0. The lowest BCUT2D eigenvalue weighted by atomic mass is 10.1. The standard InChI is InChI=1S/C19H21FN2O/c1-14-4-3-5-18(15(14)2)21-10-12-22(13-11-21)19(23)16-6-8-17(20)9-7-16/h3-9H,10-13H2,1-2H3. The summed E-state index contributed by atoms with van der Waals surface area (Å²) in [6.45, 7) is 7.26. The van der Waals surface area contributed by atoms with Crippen molar-refractivity contribution in [2.45, 2.75) is 13.8 Å². The first-order chi connectivity index (χ1) is 11.1. The summed E-state index contributed by atoms with van der Waals surface area (Å²) < 4.78 is 13.0. The van der Waals surface area contributed by atoms with Crippen molar-refractivity contribution in [2.24, 2.45) is 0 Å². The van der Waals surface area contributed by atoms with Crippen LogP contribution in [0.4, 0.5) is 10.1 Å². The lowest BCUT2D eigenvalue weighted by Crippen LogP contribution is -2.49. The van der Waals surface area contributed by atoms with Crippen LogP contribution in [0.5, 0.6) is 0 Å². The Labute approximate surface area is 136 Å². The maximum atomic E-state index is 13.0. The molecule has 1 aliphatic heterocycles. The van der Waals surface area contributed by atoms with E-state index < -0.39 is 0 Å². The van der Waals surface area contributed by atoms with Gasteiger partial charge in [-0.15, -0.1) is 0 Å². The molecule has 0 radical (unpaired) electrons. The summed E-state index contributed by atoms with van der Waals surface area (Å²) in [5.41, 5.74) is 4.38. The van der Waals surface area contributed by atoms with Crippen molar-refractivity contribution in [1.29, 1.82) is 0 Å². The van der Waals surface area contributed by atoms with Crippen molar-refractivity contribution < 1.29 is 9.18 Å². The van der Waals surface area contributed by atoms with Crippen LogP contribution in [0.2, 0.25) is 0 Å². The number of hydrogen-bond acceptors (Lipinski definition) is 2. The maximum absolute atomic E-state index is 13.0. The molecule has 3 rings (SSSR count). The molecule has 23 heavy (non-hydrogen) atoms. The first-order valence-corrected chi connectivity index (χ1v) is 7.92. The minimum atomic E-state index is -0.318. The van der Waals surface area contributed by atoms with Gasteiger partial charge >= 0.3 is 0 Å². The second-order valence-electron chi connectivity index (χ2n) is 6.01. The zero-order valence-electron chi connectivity index (χ0n) is 13.6. The summed E-state index contributed by atoms with van der Waals surface area (Å²) in [7, 11) is 0. The van der Waals surface area contributed by atoms with Gasteiger partial charge in [0.15, 0.2) is 0 Å². The van der Waals surface area contributed by atoms with Gasteiger partial charge in [-0.05, 0) is 55.3 Å². The predicted molar refractivity (Wildman–Crippen MR) is 90.4 cm³/mol. The second-order valence-corrected chi connectivity index (χ2v) is 6.01. The molecule has 0 N–H and O–H groups in total. The molecule has 0 atom stereocenters. The van der Waals surface area contributed by atoms with Gasteiger partial charge in [0.05, 0.1) is 0 Å². The highest BCUT2D eigenvalue weighted by atomic mass is 19.1. The SMILES string of the molecule is Cc1cccc(N2CCN(C(=O)c3ccc(F)cc3)CC2)c1C. The molecule has 1 saturated heterocycles. The fraction of sp³-hybridized carbons (Fsp3) is 0.316. The molecule has 1 heterocycles. The number of hydrogen-bond donors (Lipinski definition) is 0. The van der Waals surface area contributed by atoms with Gasteiger partial charge in [-0.25, -0.2) is 4.39 Å². The Bertz CT molecular complexity index is 704. The number of nitrogens with zero attached hydrogens (tertiary/aromatic N) is 2. The first kappa shape index (κ1) is 15.5. The molecule has 4 heteroatoms. The Kier molecular flexibility index (Phi) is 4.33. The van der Waals surface area contributed by atoms with E-state index in [0.717, 1.165) is 13.1 Å². The van der Waals surface area contributed by atoms with Crippen LogP contribution in [0.15, 0.2) is 42.5 Å². The highest BCUT2D eigenvalue weighted by Gasteiger charge is 2.23. The highest BCUT2D eigenvalue weighted by Crippen LogP contribution is 2.24. The van der Waals surface area contributed by atoms with Crippen LogP contribution in [-0.4, -0.2) is 37.0 Å². The van der Waals surface area contributed by atoms with Crippen molar-refractivity contribution in [1.82, 2.24) is 4.90 Å². The molecule has 120 valence electrons. The van der Waals surface area contributed by atoms with Crippen LogP contribution >= 0.6 is 0 Å². The third kappa shape index (κ3) is 3.21. The molecule has 2 aromatic carbocycles. The number of carbonyl (C=O) groups excluding carboxylic acids is 1. The van der Waals surface area contributed by atoms with Gasteiger partial charge in [0, 0.05) is 37.4 Å². The van der Waals surface area contributed by atoms with E-state index >= 15 is 0 Å². The van der Waals surface area contributed by atoms with Crippen molar-refractivity contribution >= 4 is 11.6 Å². The van der Waals surface area contributed by atoms with Crippen LogP contribution in [0.1, 0.15) is 21.5 Å². The molecular formula is C19H21FN2O. The van der Waals surface area contributed by atoms with E-state index in [0.29, 0.717) is 18.7 Å². The number of piperazine rings is 1. The Hall–Kier alpha value is -2.36. The predicted octanol–water partition coefficient (Wildman–Crippen LogP) is 3.40. The smallest absolute Gasteiger partial charge is 0.253 e. The maximum Gasteiger partial charge on any atom is 0.253 e. The van der Waals surface area contributed by atoms with Gasteiger partial charge < -0.3 is 9.80 Å².